The van der Waals surface area contributed by atoms with Crippen molar-refractivity contribution in [3.05, 3.63) is 48.2 Å². The van der Waals surface area contributed by atoms with Crippen molar-refractivity contribution >= 4 is 27.6 Å². The summed E-state index contributed by atoms with van der Waals surface area (Å²) >= 11 is 0. The number of benzene rings is 2. The molecule has 0 saturated carbocycles. The van der Waals surface area contributed by atoms with Gasteiger partial charge in [-0.05, 0) is 36.8 Å². The Hall–Kier alpha value is -3.08. The van der Waals surface area contributed by atoms with Crippen molar-refractivity contribution in [3.63, 3.8) is 0 Å². The van der Waals surface area contributed by atoms with Crippen molar-refractivity contribution in [2.24, 2.45) is 0 Å². The molecule has 2 aromatic carbocycles. The number of nitrogens with zero attached hydrogens (tertiary/aromatic N) is 2. The molecule has 4 rings (SSSR count). The molecule has 5 heteroatoms. The SMILES string of the molecule is COc1cccc2ncc(-c3nc4ccc(C)cc4[nH]3)c(N)c12. The number of nitrogens with one attached hydrogen (secondary N) is 1. The zero-order valence-electron chi connectivity index (χ0n) is 12.9. The number of pyridine rings is 1. The van der Waals surface area contributed by atoms with Gasteiger partial charge in [0.2, 0.25) is 0 Å². The Morgan fingerprint density at radius 2 is 2.00 bits per heavy atom. The number of aryl methyl sites for hydroxylation is 1. The van der Waals surface area contributed by atoms with Gasteiger partial charge < -0.3 is 15.5 Å². The summed E-state index contributed by atoms with van der Waals surface area (Å²) in [6.45, 7) is 2.05. The lowest BCUT2D eigenvalue weighted by atomic mass is 10.1. The largest absolute Gasteiger partial charge is 0.496 e. The highest BCUT2D eigenvalue weighted by Crippen LogP contribution is 2.35. The van der Waals surface area contributed by atoms with E-state index >= 15 is 0 Å². The quantitative estimate of drug-likeness (QED) is 0.592. The van der Waals surface area contributed by atoms with Crippen molar-refractivity contribution in [2.45, 2.75) is 6.92 Å². The van der Waals surface area contributed by atoms with E-state index < -0.39 is 0 Å². The number of aromatic amines is 1. The number of hydrogen-bond acceptors (Lipinski definition) is 4. The second-order valence-electron chi connectivity index (χ2n) is 5.55. The van der Waals surface area contributed by atoms with E-state index in [2.05, 4.69) is 27.9 Å². The molecular formula is C18H16N4O. The number of aromatic nitrogens is 3. The second kappa shape index (κ2) is 4.98. The van der Waals surface area contributed by atoms with E-state index in [1.807, 2.05) is 30.3 Å². The Balaban J connectivity index is 1.98. The molecule has 3 N–H and O–H groups in total. The van der Waals surface area contributed by atoms with Crippen LogP contribution in [-0.2, 0) is 0 Å². The molecule has 0 fully saturated rings. The van der Waals surface area contributed by atoms with Crippen LogP contribution in [0, 0.1) is 6.92 Å². The molecular weight excluding hydrogens is 288 g/mol. The summed E-state index contributed by atoms with van der Waals surface area (Å²) in [5.74, 6) is 1.42. The first-order chi connectivity index (χ1) is 11.2. The van der Waals surface area contributed by atoms with Crippen LogP contribution in [0.2, 0.25) is 0 Å². The molecule has 23 heavy (non-hydrogen) atoms. The number of nitrogens with two attached hydrogens (primary N) is 1. The van der Waals surface area contributed by atoms with Crippen molar-refractivity contribution in [1.82, 2.24) is 15.0 Å². The maximum absolute atomic E-state index is 6.40. The summed E-state index contributed by atoms with van der Waals surface area (Å²) < 4.78 is 5.42. The third-order valence-electron chi connectivity index (χ3n) is 4.01. The van der Waals surface area contributed by atoms with Gasteiger partial charge in [-0.3, -0.25) is 4.98 Å². The molecule has 0 unspecified atom stereocenters. The van der Waals surface area contributed by atoms with Gasteiger partial charge in [0, 0.05) is 6.20 Å². The average molecular weight is 304 g/mol. The van der Waals surface area contributed by atoms with Gasteiger partial charge in [-0.15, -0.1) is 0 Å². The number of ether oxygens (including phenoxy) is 1. The fourth-order valence-electron chi connectivity index (χ4n) is 2.85. The number of anilines is 1. The van der Waals surface area contributed by atoms with Gasteiger partial charge in [0.15, 0.2) is 0 Å². The minimum atomic E-state index is 0.614. The van der Waals surface area contributed by atoms with Gasteiger partial charge in [0.1, 0.15) is 11.6 Å². The van der Waals surface area contributed by atoms with Crippen LogP contribution in [0.15, 0.2) is 42.6 Å². The molecule has 114 valence electrons. The zero-order chi connectivity index (χ0) is 16.0. The highest BCUT2D eigenvalue weighted by molar-refractivity contribution is 6.01. The van der Waals surface area contributed by atoms with Crippen LogP contribution >= 0.6 is 0 Å². The van der Waals surface area contributed by atoms with Gasteiger partial charge in [0.05, 0.1) is 40.3 Å². The fourth-order valence-corrected chi connectivity index (χ4v) is 2.85. The van der Waals surface area contributed by atoms with Gasteiger partial charge >= 0.3 is 0 Å². The zero-order valence-corrected chi connectivity index (χ0v) is 12.9. The predicted molar refractivity (Wildman–Crippen MR) is 92.5 cm³/mol. The molecule has 0 aliphatic rings. The molecule has 2 heterocycles. The van der Waals surface area contributed by atoms with Crippen LogP contribution in [0.4, 0.5) is 5.69 Å². The first kappa shape index (κ1) is 13.6. The third-order valence-corrected chi connectivity index (χ3v) is 4.01. The van der Waals surface area contributed by atoms with E-state index in [9.17, 15) is 0 Å². The maximum Gasteiger partial charge on any atom is 0.142 e. The summed E-state index contributed by atoms with van der Waals surface area (Å²) in [5.41, 5.74) is 11.7. The maximum atomic E-state index is 6.40. The molecule has 0 spiro atoms. The number of H-pyrrole nitrogens is 1. The average Bonchev–Trinajstić information content (AvgIpc) is 2.97. The lowest BCUT2D eigenvalue weighted by molar-refractivity contribution is 0.420. The van der Waals surface area contributed by atoms with Gasteiger partial charge in [0.25, 0.3) is 0 Å². The Bertz CT molecular complexity index is 1040. The summed E-state index contributed by atoms with van der Waals surface area (Å²) in [4.78, 5) is 12.4. The number of nitrogen functional groups attached to an aromatic ring is 1. The fraction of sp³-hybridized carbons (Fsp3) is 0.111. The van der Waals surface area contributed by atoms with E-state index in [-0.39, 0.29) is 0 Å². The molecule has 2 aromatic heterocycles. The minimum Gasteiger partial charge on any atom is -0.496 e. The van der Waals surface area contributed by atoms with Crippen LogP contribution in [0.5, 0.6) is 5.75 Å². The van der Waals surface area contributed by atoms with Crippen LogP contribution in [0.1, 0.15) is 5.56 Å². The molecule has 0 atom stereocenters. The van der Waals surface area contributed by atoms with E-state index in [4.69, 9.17) is 10.5 Å². The molecule has 0 bridgehead atoms. The number of fused-ring (bicyclic) bond motifs is 2. The lowest BCUT2D eigenvalue weighted by Crippen LogP contribution is -1.97. The lowest BCUT2D eigenvalue weighted by Gasteiger charge is -2.10. The topological polar surface area (TPSA) is 76.8 Å². The molecule has 0 aliphatic carbocycles. The van der Waals surface area contributed by atoms with E-state index in [1.54, 1.807) is 13.3 Å². The van der Waals surface area contributed by atoms with Crippen molar-refractivity contribution in [2.75, 3.05) is 12.8 Å². The monoisotopic (exact) mass is 304 g/mol. The van der Waals surface area contributed by atoms with Crippen LogP contribution < -0.4 is 10.5 Å². The van der Waals surface area contributed by atoms with Gasteiger partial charge in [-0.25, -0.2) is 4.98 Å². The summed E-state index contributed by atoms with van der Waals surface area (Å²) in [5, 5.41) is 0.809. The number of imidazole rings is 1. The van der Waals surface area contributed by atoms with Crippen LogP contribution in [0.25, 0.3) is 33.3 Å². The van der Waals surface area contributed by atoms with Gasteiger partial charge in [-0.1, -0.05) is 12.1 Å². The van der Waals surface area contributed by atoms with E-state index in [1.165, 1.54) is 5.56 Å². The second-order valence-corrected chi connectivity index (χ2v) is 5.55. The number of rotatable bonds is 2. The van der Waals surface area contributed by atoms with E-state index in [0.717, 1.165) is 27.5 Å². The first-order valence-corrected chi connectivity index (χ1v) is 7.35. The Kier molecular flexibility index (Phi) is 2.94. The Morgan fingerprint density at radius 1 is 1.13 bits per heavy atom. The predicted octanol–water partition coefficient (Wildman–Crippen LogP) is 3.68. The molecule has 4 aromatic rings. The number of hydrogen-bond donors (Lipinski definition) is 2. The Morgan fingerprint density at radius 3 is 2.83 bits per heavy atom. The number of methoxy groups -OCH3 is 1. The molecule has 0 saturated heterocycles. The molecule has 0 amide bonds. The minimum absolute atomic E-state index is 0.614. The molecule has 0 aliphatic heterocycles. The van der Waals surface area contributed by atoms with Crippen LogP contribution in [-0.4, -0.2) is 22.1 Å². The van der Waals surface area contributed by atoms with Crippen molar-refractivity contribution < 1.29 is 4.74 Å². The van der Waals surface area contributed by atoms with E-state index in [0.29, 0.717) is 17.3 Å². The summed E-state index contributed by atoms with van der Waals surface area (Å²) in [6.07, 6.45) is 1.75. The highest BCUT2D eigenvalue weighted by atomic mass is 16.5. The van der Waals surface area contributed by atoms with Crippen molar-refractivity contribution in [1.29, 1.82) is 0 Å². The third kappa shape index (κ3) is 2.09. The van der Waals surface area contributed by atoms with Gasteiger partial charge in [-0.2, -0.15) is 0 Å². The Labute approximate surface area is 133 Å². The first-order valence-electron chi connectivity index (χ1n) is 7.35. The summed E-state index contributed by atoms with van der Waals surface area (Å²) in [6, 6.07) is 11.8. The van der Waals surface area contributed by atoms with Crippen molar-refractivity contribution in [3.8, 4) is 17.1 Å². The summed E-state index contributed by atoms with van der Waals surface area (Å²) in [7, 11) is 1.63. The molecule has 0 radical (unpaired) electrons. The smallest absolute Gasteiger partial charge is 0.142 e. The molecule has 5 nitrogen and oxygen atoms in total. The standard InChI is InChI=1S/C18H16N4O/c1-10-6-7-12-14(8-10)22-18(21-12)11-9-20-13-4-3-5-15(23-2)16(13)17(11)19/h3-9H,1-2H3,(H2,19,20)(H,21,22). The highest BCUT2D eigenvalue weighted by Gasteiger charge is 2.14. The van der Waals surface area contributed by atoms with Crippen LogP contribution in [0.3, 0.4) is 0 Å². The normalized spacial score (nSPS) is 11.2.